The lowest BCUT2D eigenvalue weighted by Gasteiger charge is -2.12. The van der Waals surface area contributed by atoms with E-state index >= 15 is 0 Å². The summed E-state index contributed by atoms with van der Waals surface area (Å²) >= 11 is 1.67. The molecule has 4 heteroatoms. The molecule has 0 fully saturated rings. The lowest BCUT2D eigenvalue weighted by atomic mass is 10.1. The van der Waals surface area contributed by atoms with E-state index in [1.54, 1.807) is 11.8 Å². The molecule has 0 aliphatic carbocycles. The minimum atomic E-state index is -0.253. The molecule has 0 aromatic heterocycles. The topological polar surface area (TPSA) is 43.1 Å². The quantitative estimate of drug-likeness (QED) is 0.571. The molecule has 0 aliphatic heterocycles. The molecule has 0 saturated carbocycles. The van der Waals surface area contributed by atoms with Crippen LogP contribution in [0.2, 0.25) is 0 Å². The molecule has 82 valence electrons. The van der Waals surface area contributed by atoms with Gasteiger partial charge in [0.25, 0.3) is 0 Å². The van der Waals surface area contributed by atoms with Crippen LogP contribution in [0.4, 0.5) is 0 Å². The Morgan fingerprint density at radius 1 is 1.40 bits per heavy atom. The lowest BCUT2D eigenvalue weighted by molar-refractivity contribution is -0.480. The summed E-state index contributed by atoms with van der Waals surface area (Å²) in [5.41, 5.74) is 2.39. The van der Waals surface area contributed by atoms with Crippen LogP contribution in [-0.2, 0) is 0 Å². The zero-order valence-electron chi connectivity index (χ0n) is 8.97. The van der Waals surface area contributed by atoms with Crippen LogP contribution >= 0.6 is 11.8 Å². The Labute approximate surface area is 94.0 Å². The van der Waals surface area contributed by atoms with Crippen LogP contribution in [-0.4, -0.2) is 17.7 Å². The average Bonchev–Trinajstić information content (AvgIpc) is 2.21. The maximum Gasteiger partial charge on any atom is 0.205 e. The molecular formula is C11H15NO2S. The number of aryl methyl sites for hydroxylation is 1. The molecule has 1 aromatic carbocycles. The minimum Gasteiger partial charge on any atom is -0.265 e. The molecule has 0 heterocycles. The van der Waals surface area contributed by atoms with E-state index in [2.05, 4.69) is 12.1 Å². The Bertz CT molecular complexity index is 324. The number of benzene rings is 1. The van der Waals surface area contributed by atoms with E-state index in [-0.39, 0.29) is 16.7 Å². The molecule has 0 N–H and O–H groups in total. The van der Waals surface area contributed by atoms with Crippen LogP contribution < -0.4 is 0 Å². The first-order chi connectivity index (χ1) is 7.13. The molecular weight excluding hydrogens is 210 g/mol. The van der Waals surface area contributed by atoms with E-state index in [1.165, 1.54) is 11.1 Å². The number of nitro groups is 1. The normalized spacial score (nSPS) is 12.4. The lowest BCUT2D eigenvalue weighted by Crippen LogP contribution is -2.05. The van der Waals surface area contributed by atoms with Crippen molar-refractivity contribution in [2.45, 2.75) is 18.6 Å². The van der Waals surface area contributed by atoms with E-state index in [0.29, 0.717) is 6.42 Å². The van der Waals surface area contributed by atoms with Crippen molar-refractivity contribution in [2.24, 2.45) is 0 Å². The van der Waals surface area contributed by atoms with Crippen molar-refractivity contribution in [3.8, 4) is 0 Å². The average molecular weight is 225 g/mol. The fraction of sp³-hybridized carbons (Fsp3) is 0.455. The number of rotatable bonds is 5. The van der Waals surface area contributed by atoms with Crippen molar-refractivity contribution in [3.05, 3.63) is 45.5 Å². The summed E-state index contributed by atoms with van der Waals surface area (Å²) in [6, 6.07) is 8.20. The summed E-state index contributed by atoms with van der Waals surface area (Å²) in [6.07, 6.45) is 2.59. The maximum atomic E-state index is 10.3. The second-order valence-corrected chi connectivity index (χ2v) is 4.52. The third-order valence-electron chi connectivity index (χ3n) is 2.31. The largest absolute Gasteiger partial charge is 0.265 e. The standard InChI is InChI=1S/C11H15NO2S/c1-9-3-5-10(6-4-9)11(15-2)7-8-12(13)14/h3-6,11H,7-8H2,1-2H3. The molecule has 1 unspecified atom stereocenters. The van der Waals surface area contributed by atoms with E-state index in [1.807, 2.05) is 25.3 Å². The molecule has 15 heavy (non-hydrogen) atoms. The van der Waals surface area contributed by atoms with Crippen molar-refractivity contribution in [2.75, 3.05) is 12.8 Å². The molecule has 0 amide bonds. The molecule has 0 radical (unpaired) electrons. The Kier molecular flexibility index (Phi) is 4.62. The fourth-order valence-corrected chi connectivity index (χ4v) is 2.19. The number of nitrogens with zero attached hydrogens (tertiary/aromatic N) is 1. The van der Waals surface area contributed by atoms with Gasteiger partial charge in [0.05, 0.1) is 0 Å². The first kappa shape index (κ1) is 12.0. The molecule has 0 aliphatic rings. The van der Waals surface area contributed by atoms with E-state index in [4.69, 9.17) is 0 Å². The molecule has 0 saturated heterocycles. The number of hydrogen-bond donors (Lipinski definition) is 0. The number of hydrogen-bond acceptors (Lipinski definition) is 3. The Hall–Kier alpha value is -1.03. The highest BCUT2D eigenvalue weighted by Gasteiger charge is 2.12. The van der Waals surface area contributed by atoms with E-state index in [9.17, 15) is 10.1 Å². The molecule has 0 bridgehead atoms. The smallest absolute Gasteiger partial charge is 0.205 e. The first-order valence-electron chi connectivity index (χ1n) is 4.84. The Balaban J connectivity index is 2.65. The van der Waals surface area contributed by atoms with Gasteiger partial charge in [0.15, 0.2) is 0 Å². The fourth-order valence-electron chi connectivity index (χ4n) is 1.42. The predicted molar refractivity (Wildman–Crippen MR) is 63.9 cm³/mol. The Morgan fingerprint density at radius 3 is 2.47 bits per heavy atom. The highest BCUT2D eigenvalue weighted by Crippen LogP contribution is 2.29. The van der Waals surface area contributed by atoms with Crippen molar-refractivity contribution >= 4 is 11.8 Å². The second-order valence-electron chi connectivity index (χ2n) is 3.48. The number of thioether (sulfide) groups is 1. The molecule has 1 rings (SSSR count). The zero-order chi connectivity index (χ0) is 11.3. The summed E-state index contributed by atoms with van der Waals surface area (Å²) < 4.78 is 0. The molecule has 1 aromatic rings. The van der Waals surface area contributed by atoms with Crippen LogP contribution in [0.5, 0.6) is 0 Å². The predicted octanol–water partition coefficient (Wildman–Crippen LogP) is 3.07. The second kappa shape index (κ2) is 5.75. The van der Waals surface area contributed by atoms with Crippen LogP contribution in [0.15, 0.2) is 24.3 Å². The first-order valence-corrected chi connectivity index (χ1v) is 6.13. The van der Waals surface area contributed by atoms with Crippen molar-refractivity contribution < 1.29 is 4.92 Å². The minimum absolute atomic E-state index is 0.0411. The van der Waals surface area contributed by atoms with Gasteiger partial charge in [-0.2, -0.15) is 11.8 Å². The van der Waals surface area contributed by atoms with Gasteiger partial charge in [-0.3, -0.25) is 10.1 Å². The third-order valence-corrected chi connectivity index (χ3v) is 3.38. The summed E-state index contributed by atoms with van der Waals surface area (Å²) in [5, 5.41) is 10.5. The summed E-state index contributed by atoms with van der Waals surface area (Å²) in [4.78, 5) is 10.0. The summed E-state index contributed by atoms with van der Waals surface area (Å²) in [5.74, 6) is 0. The summed E-state index contributed by atoms with van der Waals surface area (Å²) in [6.45, 7) is 2.08. The van der Waals surface area contributed by atoms with Crippen LogP contribution in [0.25, 0.3) is 0 Å². The van der Waals surface area contributed by atoms with Gasteiger partial charge in [0.1, 0.15) is 0 Å². The van der Waals surface area contributed by atoms with Gasteiger partial charge in [-0.15, -0.1) is 0 Å². The van der Waals surface area contributed by atoms with Gasteiger partial charge < -0.3 is 0 Å². The van der Waals surface area contributed by atoms with Crippen molar-refractivity contribution in [1.29, 1.82) is 0 Å². The van der Waals surface area contributed by atoms with Gasteiger partial charge in [-0.1, -0.05) is 29.8 Å². The van der Waals surface area contributed by atoms with Crippen molar-refractivity contribution in [1.82, 2.24) is 0 Å². The van der Waals surface area contributed by atoms with Gasteiger partial charge in [0, 0.05) is 16.6 Å². The van der Waals surface area contributed by atoms with E-state index in [0.717, 1.165) is 0 Å². The zero-order valence-corrected chi connectivity index (χ0v) is 9.79. The third kappa shape index (κ3) is 3.91. The van der Waals surface area contributed by atoms with Crippen LogP contribution in [0.3, 0.4) is 0 Å². The van der Waals surface area contributed by atoms with Gasteiger partial charge in [-0.05, 0) is 18.7 Å². The van der Waals surface area contributed by atoms with Gasteiger partial charge in [0.2, 0.25) is 6.54 Å². The SMILES string of the molecule is CSC(CC[N+](=O)[O-])c1ccc(C)cc1. The molecule has 3 nitrogen and oxygen atoms in total. The van der Waals surface area contributed by atoms with Crippen LogP contribution in [0.1, 0.15) is 22.8 Å². The van der Waals surface area contributed by atoms with Crippen molar-refractivity contribution in [3.63, 3.8) is 0 Å². The monoisotopic (exact) mass is 225 g/mol. The van der Waals surface area contributed by atoms with E-state index < -0.39 is 0 Å². The van der Waals surface area contributed by atoms with Gasteiger partial charge >= 0.3 is 0 Å². The highest BCUT2D eigenvalue weighted by molar-refractivity contribution is 7.98. The Morgan fingerprint density at radius 2 is 2.00 bits per heavy atom. The molecule has 1 atom stereocenters. The van der Waals surface area contributed by atoms with Crippen LogP contribution in [0, 0.1) is 17.0 Å². The molecule has 0 spiro atoms. The summed E-state index contributed by atoms with van der Waals surface area (Å²) in [7, 11) is 0. The maximum absolute atomic E-state index is 10.3. The van der Waals surface area contributed by atoms with Gasteiger partial charge in [-0.25, -0.2) is 0 Å². The highest BCUT2D eigenvalue weighted by atomic mass is 32.2.